The first-order valence-corrected chi connectivity index (χ1v) is 3.63. The van der Waals surface area contributed by atoms with Gasteiger partial charge < -0.3 is 9.67 Å². The minimum absolute atomic E-state index is 0.212. The van der Waals surface area contributed by atoms with Crippen LogP contribution in [0.2, 0.25) is 0 Å². The van der Waals surface area contributed by atoms with Crippen LogP contribution in [0.3, 0.4) is 0 Å². The molecule has 0 saturated carbocycles. The van der Waals surface area contributed by atoms with Crippen LogP contribution in [0.5, 0.6) is 0 Å². The highest BCUT2D eigenvalue weighted by Crippen LogP contribution is 2.00. The number of aromatic nitrogens is 2. The Hall–Kier alpha value is -1.09. The summed E-state index contributed by atoms with van der Waals surface area (Å²) in [5, 5.41) is 8.57. The molecule has 0 fully saturated rings. The predicted octanol–water partition coefficient (Wildman–Crippen LogP) is 0.908. The van der Waals surface area contributed by atoms with Crippen LogP contribution in [-0.2, 0) is 6.42 Å². The Morgan fingerprint density at radius 3 is 3.18 bits per heavy atom. The smallest absolute Gasteiger partial charge is 0.112 e. The van der Waals surface area contributed by atoms with Gasteiger partial charge in [-0.25, -0.2) is 4.98 Å². The van der Waals surface area contributed by atoms with Gasteiger partial charge in [0, 0.05) is 31.6 Å². The van der Waals surface area contributed by atoms with E-state index in [2.05, 4.69) is 11.6 Å². The summed E-state index contributed by atoms with van der Waals surface area (Å²) in [6, 6.07) is 0. The maximum Gasteiger partial charge on any atom is 0.112 e. The Kier molecular flexibility index (Phi) is 2.86. The number of aliphatic hydroxyl groups is 1. The second kappa shape index (κ2) is 3.93. The summed E-state index contributed by atoms with van der Waals surface area (Å²) in [6.45, 7) is 3.84. The zero-order valence-corrected chi connectivity index (χ0v) is 6.40. The van der Waals surface area contributed by atoms with Gasteiger partial charge in [0.05, 0.1) is 0 Å². The second-order valence-electron chi connectivity index (χ2n) is 2.26. The number of nitrogens with zero attached hydrogens (tertiary/aromatic N) is 2. The summed E-state index contributed by atoms with van der Waals surface area (Å²) in [6.07, 6.45) is 6.84. The summed E-state index contributed by atoms with van der Waals surface area (Å²) in [7, 11) is 0. The van der Waals surface area contributed by atoms with E-state index in [0.29, 0.717) is 0 Å². The third-order valence-corrected chi connectivity index (χ3v) is 1.50. The Morgan fingerprint density at radius 1 is 1.73 bits per heavy atom. The zero-order chi connectivity index (χ0) is 8.10. The summed E-state index contributed by atoms with van der Waals surface area (Å²) >= 11 is 0. The lowest BCUT2D eigenvalue weighted by Gasteiger charge is -1.98. The number of aliphatic hydroxyl groups excluding tert-OH is 1. The van der Waals surface area contributed by atoms with Crippen LogP contribution >= 0.6 is 0 Å². The van der Waals surface area contributed by atoms with E-state index in [9.17, 15) is 0 Å². The molecule has 0 aliphatic carbocycles. The molecule has 1 aromatic rings. The van der Waals surface area contributed by atoms with Crippen molar-refractivity contribution in [2.75, 3.05) is 6.61 Å². The molecule has 0 aliphatic rings. The lowest BCUT2D eigenvalue weighted by molar-refractivity contribution is 0.287. The lowest BCUT2D eigenvalue weighted by Crippen LogP contribution is -1.97. The normalized spacial score (nSPS) is 9.91. The number of hydrogen-bond donors (Lipinski definition) is 1. The first-order valence-electron chi connectivity index (χ1n) is 3.63. The molecule has 3 nitrogen and oxygen atoms in total. The van der Waals surface area contributed by atoms with Crippen LogP contribution in [0.15, 0.2) is 19.0 Å². The molecule has 1 N–H and O–H groups in total. The van der Waals surface area contributed by atoms with Gasteiger partial charge in [0.15, 0.2) is 0 Å². The van der Waals surface area contributed by atoms with Crippen LogP contribution in [0, 0.1) is 0 Å². The number of hydrogen-bond acceptors (Lipinski definition) is 2. The van der Waals surface area contributed by atoms with E-state index in [-0.39, 0.29) is 6.61 Å². The minimum atomic E-state index is 0.212. The van der Waals surface area contributed by atoms with Crippen molar-refractivity contribution in [3.63, 3.8) is 0 Å². The van der Waals surface area contributed by atoms with E-state index < -0.39 is 0 Å². The second-order valence-corrected chi connectivity index (χ2v) is 2.26. The lowest BCUT2D eigenvalue weighted by atomic mass is 10.3. The van der Waals surface area contributed by atoms with Crippen molar-refractivity contribution in [1.29, 1.82) is 0 Å². The fourth-order valence-corrected chi connectivity index (χ4v) is 0.941. The third kappa shape index (κ3) is 1.91. The molecule has 0 aromatic carbocycles. The Morgan fingerprint density at radius 2 is 2.55 bits per heavy atom. The molecule has 1 heterocycles. The topological polar surface area (TPSA) is 38.0 Å². The first kappa shape index (κ1) is 8.01. The first-order chi connectivity index (χ1) is 5.38. The van der Waals surface area contributed by atoms with Crippen molar-refractivity contribution in [3.05, 3.63) is 24.8 Å². The molecule has 0 spiro atoms. The van der Waals surface area contributed by atoms with E-state index >= 15 is 0 Å². The zero-order valence-electron chi connectivity index (χ0n) is 6.40. The quantitative estimate of drug-likeness (QED) is 0.696. The van der Waals surface area contributed by atoms with Gasteiger partial charge in [-0.05, 0) is 6.42 Å². The largest absolute Gasteiger partial charge is 0.396 e. The van der Waals surface area contributed by atoms with Gasteiger partial charge >= 0.3 is 0 Å². The van der Waals surface area contributed by atoms with Crippen LogP contribution in [-0.4, -0.2) is 21.3 Å². The molecule has 0 unspecified atom stereocenters. The fraction of sp³-hybridized carbons (Fsp3) is 0.375. The summed E-state index contributed by atoms with van der Waals surface area (Å²) < 4.78 is 1.86. The van der Waals surface area contributed by atoms with Crippen LogP contribution in [0.25, 0.3) is 6.20 Å². The van der Waals surface area contributed by atoms with Gasteiger partial charge in [-0.1, -0.05) is 6.58 Å². The number of imidazole rings is 1. The standard InChI is InChI=1S/C8H12N2O/c1-2-10-6-5-9-8(10)4-3-7-11/h2,5-6,11H,1,3-4,7H2. The Bertz CT molecular complexity index is 230. The molecule has 3 heteroatoms. The molecule has 0 aliphatic heterocycles. The summed E-state index contributed by atoms with van der Waals surface area (Å²) in [5.41, 5.74) is 0. The van der Waals surface area contributed by atoms with Crippen molar-refractivity contribution < 1.29 is 5.11 Å². The minimum Gasteiger partial charge on any atom is -0.396 e. The molecular formula is C8H12N2O. The highest BCUT2D eigenvalue weighted by atomic mass is 16.2. The van der Waals surface area contributed by atoms with Gasteiger partial charge in [0.25, 0.3) is 0 Å². The Labute approximate surface area is 66.0 Å². The van der Waals surface area contributed by atoms with Crippen molar-refractivity contribution in [2.45, 2.75) is 12.8 Å². The van der Waals surface area contributed by atoms with Gasteiger partial charge in [0.2, 0.25) is 0 Å². The maximum atomic E-state index is 8.57. The van der Waals surface area contributed by atoms with E-state index in [0.717, 1.165) is 18.7 Å². The molecular weight excluding hydrogens is 140 g/mol. The SMILES string of the molecule is C=Cn1ccnc1CCCO. The van der Waals surface area contributed by atoms with E-state index in [1.165, 1.54) is 0 Å². The monoisotopic (exact) mass is 152 g/mol. The number of rotatable bonds is 4. The van der Waals surface area contributed by atoms with Gasteiger partial charge in [0.1, 0.15) is 5.82 Å². The van der Waals surface area contributed by atoms with E-state index in [1.807, 2.05) is 10.8 Å². The average Bonchev–Trinajstić information content (AvgIpc) is 2.47. The van der Waals surface area contributed by atoms with Crippen LogP contribution < -0.4 is 0 Å². The molecule has 1 rings (SSSR count). The van der Waals surface area contributed by atoms with Crippen molar-refractivity contribution >= 4 is 6.20 Å². The third-order valence-electron chi connectivity index (χ3n) is 1.50. The summed E-state index contributed by atoms with van der Waals surface area (Å²) in [5.74, 6) is 0.953. The molecule has 60 valence electrons. The molecule has 0 amide bonds. The maximum absolute atomic E-state index is 8.57. The molecule has 0 atom stereocenters. The molecule has 0 radical (unpaired) electrons. The van der Waals surface area contributed by atoms with Crippen molar-refractivity contribution in [2.24, 2.45) is 0 Å². The van der Waals surface area contributed by atoms with Gasteiger partial charge in [-0.2, -0.15) is 0 Å². The van der Waals surface area contributed by atoms with E-state index in [1.54, 1.807) is 12.4 Å². The van der Waals surface area contributed by atoms with E-state index in [4.69, 9.17) is 5.11 Å². The van der Waals surface area contributed by atoms with Crippen molar-refractivity contribution in [1.82, 2.24) is 9.55 Å². The molecule has 0 bridgehead atoms. The predicted molar refractivity (Wildman–Crippen MR) is 44.0 cm³/mol. The summed E-state index contributed by atoms with van der Waals surface area (Å²) in [4.78, 5) is 4.11. The highest BCUT2D eigenvalue weighted by Gasteiger charge is 1.97. The highest BCUT2D eigenvalue weighted by molar-refractivity contribution is 5.19. The number of aryl methyl sites for hydroxylation is 1. The Balaban J connectivity index is 2.61. The van der Waals surface area contributed by atoms with Gasteiger partial charge in [-0.15, -0.1) is 0 Å². The van der Waals surface area contributed by atoms with Gasteiger partial charge in [-0.3, -0.25) is 0 Å². The van der Waals surface area contributed by atoms with Crippen molar-refractivity contribution in [3.8, 4) is 0 Å². The average molecular weight is 152 g/mol. The molecule has 11 heavy (non-hydrogen) atoms. The van der Waals surface area contributed by atoms with Crippen LogP contribution in [0.4, 0.5) is 0 Å². The fourth-order valence-electron chi connectivity index (χ4n) is 0.941. The molecule has 0 saturated heterocycles. The molecule has 1 aromatic heterocycles. The van der Waals surface area contributed by atoms with Crippen LogP contribution in [0.1, 0.15) is 12.2 Å².